The third-order valence-electron chi connectivity index (χ3n) is 2.45. The third-order valence-corrected chi connectivity index (χ3v) is 2.45. The molecule has 2 rings (SSSR count). The highest BCUT2D eigenvalue weighted by molar-refractivity contribution is 5.93. The van der Waals surface area contributed by atoms with E-state index in [0.29, 0.717) is 0 Å². The van der Waals surface area contributed by atoms with Crippen LogP contribution < -0.4 is 15.7 Å². The molecule has 0 saturated carbocycles. The van der Waals surface area contributed by atoms with Crippen molar-refractivity contribution in [3.63, 3.8) is 0 Å². The normalized spacial score (nSPS) is 15.7. The van der Waals surface area contributed by atoms with Gasteiger partial charge in [0.1, 0.15) is 6.54 Å². The van der Waals surface area contributed by atoms with E-state index >= 15 is 0 Å². The Morgan fingerprint density at radius 1 is 1.35 bits per heavy atom. The summed E-state index contributed by atoms with van der Waals surface area (Å²) in [6.07, 6.45) is 0. The molecule has 0 amide bonds. The fourth-order valence-corrected chi connectivity index (χ4v) is 1.62. The van der Waals surface area contributed by atoms with Gasteiger partial charge in [-0.1, -0.05) is 0 Å². The number of nitrogens with one attached hydrogen (secondary N) is 1. The van der Waals surface area contributed by atoms with Crippen LogP contribution in [-0.2, 0) is 14.3 Å². The van der Waals surface area contributed by atoms with Crippen molar-refractivity contribution >= 4 is 17.8 Å². The molecule has 0 radical (unpaired) electrons. The second kappa shape index (κ2) is 4.87. The Morgan fingerprint density at radius 3 is 2.70 bits per heavy atom. The molecule has 0 aliphatic carbocycles. The number of hydrogen-bond acceptors (Lipinski definition) is 8. The Balaban J connectivity index is 2.32. The number of esters is 2. The average Bonchev–Trinajstić information content (AvgIpc) is 2.33. The van der Waals surface area contributed by atoms with Gasteiger partial charge in [-0.15, -0.1) is 0 Å². The maximum atomic E-state index is 11.7. The predicted octanol–water partition coefficient (Wildman–Crippen LogP) is 0.510. The van der Waals surface area contributed by atoms with Gasteiger partial charge in [-0.2, -0.15) is 0 Å². The quantitative estimate of drug-likeness (QED) is 0.800. The smallest absolute Gasteiger partial charge is 0.356 e. The van der Waals surface area contributed by atoms with Gasteiger partial charge in [0, 0.05) is 19.9 Å². The number of ether oxygens (including phenoxy) is 3. The van der Waals surface area contributed by atoms with Crippen LogP contribution >= 0.6 is 0 Å². The highest BCUT2D eigenvalue weighted by Crippen LogP contribution is 2.30. The SMILES string of the molecule is COC(=O)CNc1cc2c(c(=O)o1)C(=O)OC(C)(C)O2. The van der Waals surface area contributed by atoms with Crippen molar-refractivity contribution in [3.8, 4) is 5.75 Å². The molecule has 108 valence electrons. The van der Waals surface area contributed by atoms with Crippen LogP contribution in [0, 0.1) is 0 Å². The number of rotatable bonds is 3. The van der Waals surface area contributed by atoms with Crippen LogP contribution in [0.5, 0.6) is 5.75 Å². The summed E-state index contributed by atoms with van der Waals surface area (Å²) in [4.78, 5) is 34.4. The molecule has 0 spiro atoms. The molecule has 20 heavy (non-hydrogen) atoms. The van der Waals surface area contributed by atoms with E-state index in [1.54, 1.807) is 0 Å². The van der Waals surface area contributed by atoms with Crippen molar-refractivity contribution < 1.29 is 28.2 Å². The van der Waals surface area contributed by atoms with Gasteiger partial charge in [-0.05, 0) is 0 Å². The molecule has 1 aliphatic rings. The minimum absolute atomic E-state index is 0.00958. The Hall–Kier alpha value is -2.51. The highest BCUT2D eigenvalue weighted by Gasteiger charge is 2.37. The van der Waals surface area contributed by atoms with Gasteiger partial charge < -0.3 is 23.9 Å². The number of carbonyl (C=O) groups excluding carboxylic acids is 2. The first kappa shape index (κ1) is 13.9. The second-order valence-electron chi connectivity index (χ2n) is 4.46. The summed E-state index contributed by atoms with van der Waals surface area (Å²) < 4.78 is 19.6. The molecule has 8 nitrogen and oxygen atoms in total. The maximum absolute atomic E-state index is 11.7. The van der Waals surface area contributed by atoms with Gasteiger partial charge >= 0.3 is 17.6 Å². The molecule has 0 saturated heterocycles. The molecule has 0 aromatic carbocycles. The zero-order valence-electron chi connectivity index (χ0n) is 11.1. The zero-order valence-corrected chi connectivity index (χ0v) is 11.1. The summed E-state index contributed by atoms with van der Waals surface area (Å²) in [5.41, 5.74) is -1.22. The Bertz CT molecular complexity index is 617. The van der Waals surface area contributed by atoms with E-state index in [1.807, 2.05) is 0 Å². The first-order chi connectivity index (χ1) is 9.32. The number of methoxy groups -OCH3 is 1. The summed E-state index contributed by atoms with van der Waals surface area (Å²) in [7, 11) is 1.23. The first-order valence-corrected chi connectivity index (χ1v) is 5.73. The molecule has 8 heteroatoms. The van der Waals surface area contributed by atoms with Crippen molar-refractivity contribution in [2.75, 3.05) is 19.0 Å². The lowest BCUT2D eigenvalue weighted by Gasteiger charge is -2.30. The van der Waals surface area contributed by atoms with Gasteiger partial charge in [0.2, 0.25) is 11.7 Å². The van der Waals surface area contributed by atoms with Crippen LogP contribution in [-0.4, -0.2) is 31.4 Å². The number of anilines is 1. The van der Waals surface area contributed by atoms with Gasteiger partial charge in [0.05, 0.1) is 7.11 Å². The first-order valence-electron chi connectivity index (χ1n) is 5.73. The largest absolute Gasteiger partial charge is 0.468 e. The van der Waals surface area contributed by atoms with E-state index in [0.717, 1.165) is 0 Å². The Labute approximate surface area is 113 Å². The van der Waals surface area contributed by atoms with E-state index < -0.39 is 23.4 Å². The van der Waals surface area contributed by atoms with Crippen molar-refractivity contribution in [3.05, 3.63) is 22.0 Å². The number of cyclic esters (lactones) is 1. The predicted molar refractivity (Wildman–Crippen MR) is 65.6 cm³/mol. The molecule has 2 heterocycles. The number of carbonyl (C=O) groups is 2. The fourth-order valence-electron chi connectivity index (χ4n) is 1.62. The van der Waals surface area contributed by atoms with Crippen LogP contribution in [0.4, 0.5) is 5.88 Å². The van der Waals surface area contributed by atoms with Crippen LogP contribution in [0.1, 0.15) is 24.2 Å². The molecular formula is C12H13NO7. The van der Waals surface area contributed by atoms with Gasteiger partial charge in [-0.25, -0.2) is 9.59 Å². The highest BCUT2D eigenvalue weighted by atomic mass is 16.7. The number of fused-ring (bicyclic) bond motifs is 1. The molecule has 1 aliphatic heterocycles. The molecule has 0 atom stereocenters. The molecule has 1 aromatic rings. The molecule has 1 aromatic heterocycles. The van der Waals surface area contributed by atoms with Crippen LogP contribution in [0.2, 0.25) is 0 Å². The summed E-state index contributed by atoms with van der Waals surface area (Å²) in [5.74, 6) is -2.51. The number of hydrogen-bond donors (Lipinski definition) is 1. The molecular weight excluding hydrogens is 270 g/mol. The van der Waals surface area contributed by atoms with Gasteiger partial charge in [-0.3, -0.25) is 4.79 Å². The maximum Gasteiger partial charge on any atom is 0.356 e. The van der Waals surface area contributed by atoms with Gasteiger partial charge in [0.25, 0.3) is 0 Å². The fraction of sp³-hybridized carbons (Fsp3) is 0.417. The van der Waals surface area contributed by atoms with Crippen LogP contribution in [0.25, 0.3) is 0 Å². The van der Waals surface area contributed by atoms with Crippen molar-refractivity contribution in [1.82, 2.24) is 0 Å². The standard InChI is InChI=1S/C12H13NO7/c1-12(2)19-6-4-7(13-5-8(14)17-3)18-10(15)9(6)11(16)20-12/h4,13H,5H2,1-3H3. The zero-order chi connectivity index (χ0) is 14.9. The van der Waals surface area contributed by atoms with E-state index in [4.69, 9.17) is 13.9 Å². The van der Waals surface area contributed by atoms with E-state index in [9.17, 15) is 14.4 Å². The molecule has 1 N–H and O–H groups in total. The summed E-state index contributed by atoms with van der Waals surface area (Å²) in [5, 5.41) is 2.56. The van der Waals surface area contributed by atoms with E-state index in [-0.39, 0.29) is 23.7 Å². The van der Waals surface area contributed by atoms with Crippen LogP contribution in [0.3, 0.4) is 0 Å². The molecule has 0 bridgehead atoms. The van der Waals surface area contributed by atoms with Crippen LogP contribution in [0.15, 0.2) is 15.3 Å². The summed E-state index contributed by atoms with van der Waals surface area (Å²) >= 11 is 0. The third kappa shape index (κ3) is 2.73. The molecule has 0 unspecified atom stereocenters. The minimum atomic E-state index is -1.18. The van der Waals surface area contributed by atoms with Crippen molar-refractivity contribution in [2.24, 2.45) is 0 Å². The summed E-state index contributed by atoms with van der Waals surface area (Å²) in [6.45, 7) is 2.88. The van der Waals surface area contributed by atoms with Gasteiger partial charge in [0.15, 0.2) is 11.3 Å². The average molecular weight is 283 g/mol. The van der Waals surface area contributed by atoms with Crippen molar-refractivity contribution in [2.45, 2.75) is 19.6 Å². The monoisotopic (exact) mass is 283 g/mol. The Kier molecular flexibility index (Phi) is 3.39. The lowest BCUT2D eigenvalue weighted by molar-refractivity contribution is -0.138. The topological polar surface area (TPSA) is 104 Å². The molecule has 0 fully saturated rings. The van der Waals surface area contributed by atoms with Crippen molar-refractivity contribution in [1.29, 1.82) is 0 Å². The summed E-state index contributed by atoms with van der Waals surface area (Å²) in [6, 6.07) is 1.31. The second-order valence-corrected chi connectivity index (χ2v) is 4.46. The lowest BCUT2D eigenvalue weighted by Crippen LogP contribution is -2.41. The lowest BCUT2D eigenvalue weighted by atomic mass is 10.2. The van der Waals surface area contributed by atoms with E-state index in [2.05, 4.69) is 10.1 Å². The minimum Gasteiger partial charge on any atom is -0.468 e. The Morgan fingerprint density at radius 2 is 2.05 bits per heavy atom. The van der Waals surface area contributed by atoms with E-state index in [1.165, 1.54) is 27.0 Å².